The molecule has 2 aromatic carbocycles. The first kappa shape index (κ1) is 19.7. The number of thiazole rings is 1. The fourth-order valence-electron chi connectivity index (χ4n) is 4.62. The Morgan fingerprint density at radius 1 is 1.13 bits per heavy atom. The number of aryl methyl sites for hydroxylation is 1. The predicted octanol–water partition coefficient (Wildman–Crippen LogP) is 4.38. The number of anilines is 1. The Kier molecular flexibility index (Phi) is 5.54. The van der Waals surface area contributed by atoms with E-state index in [1.54, 1.807) is 11.3 Å². The number of hydrogen-bond donors (Lipinski definition) is 1. The van der Waals surface area contributed by atoms with Gasteiger partial charge in [-0.3, -0.25) is 14.6 Å². The van der Waals surface area contributed by atoms with E-state index in [2.05, 4.69) is 40.2 Å². The molecule has 30 heavy (non-hydrogen) atoms. The zero-order chi connectivity index (χ0) is 20.5. The summed E-state index contributed by atoms with van der Waals surface area (Å²) < 4.78 is 1.21. The van der Waals surface area contributed by atoms with Crippen molar-refractivity contribution in [2.45, 2.75) is 32.2 Å². The van der Waals surface area contributed by atoms with Crippen molar-refractivity contribution in [2.24, 2.45) is 0 Å². The second kappa shape index (κ2) is 8.46. The minimum atomic E-state index is 0.0697. The molecule has 2 saturated heterocycles. The lowest BCUT2D eigenvalue weighted by atomic mass is 10.2. The molecule has 6 heteroatoms. The maximum Gasteiger partial charge on any atom is 0.238 e. The van der Waals surface area contributed by atoms with Gasteiger partial charge >= 0.3 is 0 Å². The van der Waals surface area contributed by atoms with E-state index in [1.165, 1.54) is 42.6 Å². The van der Waals surface area contributed by atoms with Gasteiger partial charge in [-0.15, -0.1) is 11.3 Å². The third-order valence-electron chi connectivity index (χ3n) is 6.23. The molecule has 0 radical (unpaired) electrons. The molecule has 0 saturated carbocycles. The Balaban J connectivity index is 1.18. The molecule has 0 spiro atoms. The highest BCUT2D eigenvalue weighted by Crippen LogP contribution is 2.31. The number of carbonyl (C=O) groups excluding carboxylic acids is 1. The second-order valence-corrected chi connectivity index (χ2v) is 9.57. The SMILES string of the molecule is Cc1ccc2nc(-c3ccc(NC(=O)CN4CCC(N5CCCC5)C4)cc3)sc2c1. The zero-order valence-corrected chi connectivity index (χ0v) is 18.3. The van der Waals surface area contributed by atoms with Crippen LogP contribution in [-0.2, 0) is 4.79 Å². The first-order valence-corrected chi connectivity index (χ1v) is 11.7. The molecule has 3 aromatic rings. The van der Waals surface area contributed by atoms with Crippen molar-refractivity contribution in [1.82, 2.24) is 14.8 Å². The molecule has 2 aliphatic rings. The van der Waals surface area contributed by atoms with E-state index in [4.69, 9.17) is 4.98 Å². The summed E-state index contributed by atoms with van der Waals surface area (Å²) in [7, 11) is 0. The predicted molar refractivity (Wildman–Crippen MR) is 124 cm³/mol. The van der Waals surface area contributed by atoms with Crippen LogP contribution in [0.4, 0.5) is 5.69 Å². The fraction of sp³-hybridized carbons (Fsp3) is 0.417. The summed E-state index contributed by atoms with van der Waals surface area (Å²) in [5, 5.41) is 4.07. The highest BCUT2D eigenvalue weighted by molar-refractivity contribution is 7.21. The number of amides is 1. The van der Waals surface area contributed by atoms with Crippen LogP contribution in [-0.4, -0.2) is 59.5 Å². The Hall–Kier alpha value is -2.28. The third kappa shape index (κ3) is 4.26. The Bertz CT molecular complexity index is 1040. The largest absolute Gasteiger partial charge is 0.325 e. The number of aromatic nitrogens is 1. The molecule has 1 aromatic heterocycles. The molecule has 156 valence electrons. The van der Waals surface area contributed by atoms with E-state index in [-0.39, 0.29) is 5.91 Å². The zero-order valence-electron chi connectivity index (χ0n) is 17.4. The van der Waals surface area contributed by atoms with Crippen LogP contribution in [0.15, 0.2) is 42.5 Å². The maximum absolute atomic E-state index is 12.5. The average molecular weight is 421 g/mol. The molecule has 1 unspecified atom stereocenters. The molecule has 5 rings (SSSR count). The van der Waals surface area contributed by atoms with E-state index < -0.39 is 0 Å². The molecule has 2 aliphatic heterocycles. The molecular weight excluding hydrogens is 392 g/mol. The summed E-state index contributed by atoms with van der Waals surface area (Å²) in [6.07, 6.45) is 3.83. The number of fused-ring (bicyclic) bond motifs is 1. The summed E-state index contributed by atoms with van der Waals surface area (Å²) in [6.45, 7) is 7.07. The van der Waals surface area contributed by atoms with Gasteiger partial charge in [0, 0.05) is 30.4 Å². The van der Waals surface area contributed by atoms with Crippen molar-refractivity contribution in [3.05, 3.63) is 48.0 Å². The van der Waals surface area contributed by atoms with E-state index in [1.807, 2.05) is 24.3 Å². The summed E-state index contributed by atoms with van der Waals surface area (Å²) in [5.41, 5.74) is 4.21. The summed E-state index contributed by atoms with van der Waals surface area (Å²) in [4.78, 5) is 22.2. The standard InChI is InChI=1S/C24H28N4OS/c1-17-4-9-21-22(14-17)30-24(26-21)18-5-7-19(8-6-18)25-23(29)16-27-13-10-20(15-27)28-11-2-3-12-28/h4-9,14,20H,2-3,10-13,15-16H2,1H3,(H,25,29). The van der Waals surface area contributed by atoms with Crippen LogP contribution in [0.3, 0.4) is 0 Å². The Labute approximate surface area is 181 Å². The molecule has 1 atom stereocenters. The maximum atomic E-state index is 12.5. The number of nitrogens with one attached hydrogen (secondary N) is 1. The number of carbonyl (C=O) groups is 1. The van der Waals surface area contributed by atoms with E-state index in [0.717, 1.165) is 34.9 Å². The summed E-state index contributed by atoms with van der Waals surface area (Å²) in [5.74, 6) is 0.0697. The Morgan fingerprint density at radius 3 is 2.73 bits per heavy atom. The quantitative estimate of drug-likeness (QED) is 0.665. The van der Waals surface area contributed by atoms with E-state index in [0.29, 0.717) is 12.6 Å². The average Bonchev–Trinajstić information content (AvgIpc) is 3.48. The molecule has 2 fully saturated rings. The molecule has 3 heterocycles. The van der Waals surface area contributed by atoms with Gasteiger partial charge in [0.25, 0.3) is 0 Å². The number of hydrogen-bond acceptors (Lipinski definition) is 5. The lowest BCUT2D eigenvalue weighted by Crippen LogP contribution is -2.37. The molecular formula is C24H28N4OS. The van der Waals surface area contributed by atoms with Crippen LogP contribution in [0.1, 0.15) is 24.8 Å². The first-order chi connectivity index (χ1) is 14.6. The van der Waals surface area contributed by atoms with Crippen LogP contribution in [0.25, 0.3) is 20.8 Å². The van der Waals surface area contributed by atoms with Crippen molar-refractivity contribution in [1.29, 1.82) is 0 Å². The van der Waals surface area contributed by atoms with Gasteiger partial charge in [-0.25, -0.2) is 4.98 Å². The minimum absolute atomic E-state index is 0.0697. The van der Waals surface area contributed by atoms with Crippen LogP contribution < -0.4 is 5.32 Å². The lowest BCUT2D eigenvalue weighted by Gasteiger charge is -2.23. The van der Waals surface area contributed by atoms with Crippen molar-refractivity contribution in [3.63, 3.8) is 0 Å². The van der Waals surface area contributed by atoms with Gasteiger partial charge in [0.15, 0.2) is 0 Å². The van der Waals surface area contributed by atoms with Crippen molar-refractivity contribution < 1.29 is 4.79 Å². The van der Waals surface area contributed by atoms with Gasteiger partial charge < -0.3 is 5.32 Å². The number of likely N-dealkylation sites (tertiary alicyclic amines) is 2. The van der Waals surface area contributed by atoms with Crippen molar-refractivity contribution in [2.75, 3.05) is 38.0 Å². The Morgan fingerprint density at radius 2 is 1.93 bits per heavy atom. The van der Waals surface area contributed by atoms with Gasteiger partial charge in [0.2, 0.25) is 5.91 Å². The normalized spacial score (nSPS) is 20.2. The van der Waals surface area contributed by atoms with Gasteiger partial charge in [-0.1, -0.05) is 6.07 Å². The molecule has 1 amide bonds. The van der Waals surface area contributed by atoms with Crippen LogP contribution in [0.5, 0.6) is 0 Å². The highest BCUT2D eigenvalue weighted by atomic mass is 32.1. The number of benzene rings is 2. The van der Waals surface area contributed by atoms with Crippen molar-refractivity contribution >= 4 is 33.1 Å². The molecule has 0 bridgehead atoms. The topological polar surface area (TPSA) is 48.5 Å². The molecule has 1 N–H and O–H groups in total. The monoisotopic (exact) mass is 420 g/mol. The molecule has 5 nitrogen and oxygen atoms in total. The van der Waals surface area contributed by atoms with Gasteiger partial charge in [0.05, 0.1) is 16.8 Å². The van der Waals surface area contributed by atoms with E-state index in [9.17, 15) is 4.79 Å². The van der Waals surface area contributed by atoms with Crippen LogP contribution in [0.2, 0.25) is 0 Å². The van der Waals surface area contributed by atoms with E-state index >= 15 is 0 Å². The third-order valence-corrected chi connectivity index (χ3v) is 7.30. The fourth-order valence-corrected chi connectivity index (χ4v) is 5.68. The second-order valence-electron chi connectivity index (χ2n) is 8.54. The van der Waals surface area contributed by atoms with Crippen molar-refractivity contribution in [3.8, 4) is 10.6 Å². The number of nitrogens with zero attached hydrogens (tertiary/aromatic N) is 3. The van der Waals surface area contributed by atoms with Crippen LogP contribution in [0, 0.1) is 6.92 Å². The minimum Gasteiger partial charge on any atom is -0.325 e. The lowest BCUT2D eigenvalue weighted by molar-refractivity contribution is -0.117. The van der Waals surface area contributed by atoms with Gasteiger partial charge in [0.1, 0.15) is 5.01 Å². The first-order valence-electron chi connectivity index (χ1n) is 10.9. The number of rotatable bonds is 5. The van der Waals surface area contributed by atoms with Crippen LogP contribution >= 0.6 is 11.3 Å². The van der Waals surface area contributed by atoms with Gasteiger partial charge in [-0.2, -0.15) is 0 Å². The smallest absolute Gasteiger partial charge is 0.238 e. The molecule has 0 aliphatic carbocycles. The summed E-state index contributed by atoms with van der Waals surface area (Å²) in [6, 6.07) is 15.0. The summed E-state index contributed by atoms with van der Waals surface area (Å²) >= 11 is 1.71. The van der Waals surface area contributed by atoms with Gasteiger partial charge in [-0.05, 0) is 81.2 Å². The highest BCUT2D eigenvalue weighted by Gasteiger charge is 2.29.